The number of nitrogens with zero attached hydrogens (tertiary/aromatic N) is 2. The van der Waals surface area contributed by atoms with Crippen LogP contribution in [0.1, 0.15) is 19.4 Å². The Morgan fingerprint density at radius 3 is 2.78 bits per heavy atom. The zero-order valence-corrected chi connectivity index (χ0v) is 14.9. The van der Waals surface area contributed by atoms with Crippen LogP contribution in [0.25, 0.3) is 0 Å². The third-order valence-corrected chi connectivity index (χ3v) is 4.62. The average Bonchev–Trinajstić information content (AvgIpc) is 2.86. The number of terminal acetylenes is 1. The maximum Gasteiger partial charge on any atom is 0.339 e. The summed E-state index contributed by atoms with van der Waals surface area (Å²) in [4.78, 5) is 27.8. The third-order valence-electron chi connectivity index (χ3n) is 4.62. The SMILES string of the molecule is C#CCN1C(=O)C2(C(C#N)=C(N)OC(C)=C2C(=O)OCC)c2ccccc21. The minimum atomic E-state index is -1.75. The molecule has 1 atom stereocenters. The van der Waals surface area contributed by atoms with E-state index in [0.29, 0.717) is 11.3 Å². The molecule has 0 aromatic heterocycles. The van der Waals surface area contributed by atoms with Crippen LogP contribution >= 0.6 is 0 Å². The Bertz CT molecular complexity index is 993. The normalized spacial score (nSPS) is 20.9. The van der Waals surface area contributed by atoms with Crippen LogP contribution in [0.15, 0.2) is 47.1 Å². The van der Waals surface area contributed by atoms with E-state index >= 15 is 0 Å². The number of benzene rings is 1. The number of hydrogen-bond donors (Lipinski definition) is 1. The van der Waals surface area contributed by atoms with E-state index in [2.05, 4.69) is 5.92 Å². The second kappa shape index (κ2) is 6.54. The fourth-order valence-corrected chi connectivity index (χ4v) is 3.66. The van der Waals surface area contributed by atoms with Crippen molar-refractivity contribution in [3.63, 3.8) is 0 Å². The first kappa shape index (κ1) is 18.1. The number of para-hydroxylation sites is 1. The molecule has 1 amide bonds. The fraction of sp³-hybridized carbons (Fsp3) is 0.250. The van der Waals surface area contributed by atoms with Crippen LogP contribution < -0.4 is 10.6 Å². The minimum absolute atomic E-state index is 0.0216. The molecular weight excluding hydrogens is 346 g/mol. The summed E-state index contributed by atoms with van der Waals surface area (Å²) in [7, 11) is 0. The van der Waals surface area contributed by atoms with Gasteiger partial charge in [0.1, 0.15) is 23.0 Å². The second-order valence-electron chi connectivity index (χ2n) is 5.97. The molecule has 2 aliphatic rings. The van der Waals surface area contributed by atoms with E-state index < -0.39 is 17.3 Å². The standard InChI is InChI=1S/C20H17N3O4/c1-4-10-23-15-9-7-6-8-13(15)20(19(23)25)14(11-21)17(22)27-12(3)16(20)18(24)26-5-2/h1,6-9H,5,10,22H2,2-3H3. The highest BCUT2D eigenvalue weighted by molar-refractivity contribution is 6.18. The summed E-state index contributed by atoms with van der Waals surface area (Å²) in [6, 6.07) is 8.79. The number of allylic oxidation sites excluding steroid dienone is 1. The van der Waals surface area contributed by atoms with Gasteiger partial charge >= 0.3 is 5.97 Å². The molecule has 136 valence electrons. The highest BCUT2D eigenvalue weighted by Crippen LogP contribution is 2.53. The highest BCUT2D eigenvalue weighted by Gasteiger charge is 2.61. The van der Waals surface area contributed by atoms with Gasteiger partial charge in [0.05, 0.1) is 13.2 Å². The maximum atomic E-state index is 13.6. The Labute approximate surface area is 156 Å². The lowest BCUT2D eigenvalue weighted by Gasteiger charge is -2.34. The summed E-state index contributed by atoms with van der Waals surface area (Å²) in [5, 5.41) is 9.81. The van der Waals surface area contributed by atoms with Crippen LogP contribution in [-0.2, 0) is 24.5 Å². The first-order valence-corrected chi connectivity index (χ1v) is 8.26. The molecule has 1 aromatic carbocycles. The number of hydrogen-bond acceptors (Lipinski definition) is 6. The van der Waals surface area contributed by atoms with Crippen molar-refractivity contribution < 1.29 is 19.1 Å². The number of anilines is 1. The lowest BCUT2D eigenvalue weighted by Crippen LogP contribution is -2.48. The van der Waals surface area contributed by atoms with Gasteiger partial charge in [0.25, 0.3) is 0 Å². The van der Waals surface area contributed by atoms with Crippen molar-refractivity contribution in [1.82, 2.24) is 0 Å². The van der Waals surface area contributed by atoms with E-state index in [1.54, 1.807) is 31.2 Å². The van der Waals surface area contributed by atoms with Crippen molar-refractivity contribution in [1.29, 1.82) is 5.26 Å². The molecule has 0 bridgehead atoms. The molecule has 0 saturated carbocycles. The molecule has 2 N–H and O–H groups in total. The van der Waals surface area contributed by atoms with Crippen LogP contribution in [0.3, 0.4) is 0 Å². The van der Waals surface area contributed by atoms with Crippen LogP contribution in [0.4, 0.5) is 5.69 Å². The molecule has 1 spiro atoms. The third kappa shape index (κ3) is 2.29. The van der Waals surface area contributed by atoms with Gasteiger partial charge < -0.3 is 15.2 Å². The number of ether oxygens (including phenoxy) is 2. The highest BCUT2D eigenvalue weighted by atomic mass is 16.5. The summed E-state index contributed by atoms with van der Waals surface area (Å²) in [5.41, 5.74) is 4.93. The van der Waals surface area contributed by atoms with Gasteiger partial charge in [-0.05, 0) is 19.9 Å². The lowest BCUT2D eigenvalue weighted by atomic mass is 9.68. The van der Waals surface area contributed by atoms with Crippen molar-refractivity contribution in [3.8, 4) is 18.4 Å². The first-order valence-electron chi connectivity index (χ1n) is 8.26. The Hall–Kier alpha value is -3.71. The van der Waals surface area contributed by atoms with Crippen molar-refractivity contribution in [2.45, 2.75) is 19.3 Å². The molecule has 1 unspecified atom stereocenters. The van der Waals surface area contributed by atoms with Gasteiger partial charge in [-0.1, -0.05) is 24.1 Å². The van der Waals surface area contributed by atoms with Gasteiger partial charge in [0, 0.05) is 11.3 Å². The van der Waals surface area contributed by atoms with E-state index in [9.17, 15) is 14.9 Å². The molecule has 3 rings (SSSR count). The Morgan fingerprint density at radius 2 is 2.15 bits per heavy atom. The summed E-state index contributed by atoms with van der Waals surface area (Å²) in [5.74, 6) is 1.03. The predicted molar refractivity (Wildman–Crippen MR) is 96.6 cm³/mol. The number of fused-ring (bicyclic) bond motifs is 2. The number of amides is 1. The number of rotatable bonds is 3. The number of carbonyl (C=O) groups is 2. The van der Waals surface area contributed by atoms with Crippen LogP contribution in [0.2, 0.25) is 0 Å². The monoisotopic (exact) mass is 363 g/mol. The summed E-state index contributed by atoms with van der Waals surface area (Å²) in [6.07, 6.45) is 5.44. The Kier molecular flexibility index (Phi) is 4.39. The first-order chi connectivity index (χ1) is 12.9. The van der Waals surface area contributed by atoms with Crippen molar-refractivity contribution in [2.24, 2.45) is 5.73 Å². The minimum Gasteiger partial charge on any atom is -0.462 e. The number of nitrogens with two attached hydrogens (primary N) is 1. The molecule has 2 aliphatic heterocycles. The van der Waals surface area contributed by atoms with E-state index in [4.69, 9.17) is 21.6 Å². The molecular formula is C20H17N3O4. The van der Waals surface area contributed by atoms with E-state index in [1.165, 1.54) is 11.8 Å². The molecule has 7 heteroatoms. The largest absolute Gasteiger partial charge is 0.462 e. The van der Waals surface area contributed by atoms with Gasteiger partial charge in [-0.2, -0.15) is 5.26 Å². The van der Waals surface area contributed by atoms with Gasteiger partial charge in [0.2, 0.25) is 11.8 Å². The molecule has 27 heavy (non-hydrogen) atoms. The molecule has 0 aliphatic carbocycles. The van der Waals surface area contributed by atoms with Crippen molar-refractivity contribution in [2.75, 3.05) is 18.1 Å². The summed E-state index contributed by atoms with van der Waals surface area (Å²) in [6.45, 7) is 3.23. The molecule has 7 nitrogen and oxygen atoms in total. The zero-order chi connectivity index (χ0) is 19.8. The quantitative estimate of drug-likeness (QED) is 0.644. The molecule has 0 radical (unpaired) electrons. The molecule has 0 fully saturated rings. The van der Waals surface area contributed by atoms with Crippen molar-refractivity contribution in [3.05, 3.63) is 52.6 Å². The Morgan fingerprint density at radius 1 is 1.44 bits per heavy atom. The smallest absolute Gasteiger partial charge is 0.339 e. The molecule has 0 saturated heterocycles. The van der Waals surface area contributed by atoms with Crippen LogP contribution in [0, 0.1) is 23.7 Å². The van der Waals surface area contributed by atoms with Gasteiger partial charge in [-0.15, -0.1) is 6.42 Å². The fourth-order valence-electron chi connectivity index (χ4n) is 3.66. The number of esters is 1. The molecule has 2 heterocycles. The van der Waals surface area contributed by atoms with Gasteiger partial charge in [-0.25, -0.2) is 4.79 Å². The second-order valence-corrected chi connectivity index (χ2v) is 5.97. The van der Waals surface area contributed by atoms with Crippen LogP contribution in [-0.4, -0.2) is 25.0 Å². The van der Waals surface area contributed by atoms with E-state index in [-0.39, 0.29) is 35.9 Å². The topological polar surface area (TPSA) is 106 Å². The lowest BCUT2D eigenvalue weighted by molar-refractivity contribution is -0.141. The zero-order valence-electron chi connectivity index (χ0n) is 14.9. The Balaban J connectivity index is 2.42. The average molecular weight is 363 g/mol. The predicted octanol–water partition coefficient (Wildman–Crippen LogP) is 1.47. The summed E-state index contributed by atoms with van der Waals surface area (Å²) < 4.78 is 10.6. The van der Waals surface area contributed by atoms with E-state index in [0.717, 1.165) is 0 Å². The van der Waals surface area contributed by atoms with Crippen LogP contribution in [0.5, 0.6) is 0 Å². The number of nitriles is 1. The molecule has 1 aromatic rings. The van der Waals surface area contributed by atoms with Gasteiger partial charge in [0.15, 0.2) is 5.41 Å². The van der Waals surface area contributed by atoms with Gasteiger partial charge in [-0.3, -0.25) is 9.69 Å². The summed E-state index contributed by atoms with van der Waals surface area (Å²) >= 11 is 0. The van der Waals surface area contributed by atoms with E-state index in [1.807, 2.05) is 6.07 Å². The van der Waals surface area contributed by atoms with Crippen molar-refractivity contribution >= 4 is 17.6 Å². The maximum absolute atomic E-state index is 13.6. The number of carbonyl (C=O) groups excluding carboxylic acids is 2.